The van der Waals surface area contributed by atoms with E-state index >= 15 is 0 Å². The van der Waals surface area contributed by atoms with Crippen molar-refractivity contribution in [3.8, 4) is 0 Å². The maximum atomic E-state index is 13.3. The molecule has 0 spiro atoms. The first-order valence-corrected chi connectivity index (χ1v) is 5.69. The van der Waals surface area contributed by atoms with Gasteiger partial charge in [0.1, 0.15) is 5.82 Å². The molecule has 3 heteroatoms. The molecule has 0 aliphatic rings. The van der Waals surface area contributed by atoms with E-state index in [2.05, 4.69) is 10.3 Å². The molecule has 0 atom stereocenters. The van der Waals surface area contributed by atoms with Crippen LogP contribution in [0.3, 0.4) is 0 Å². The highest BCUT2D eigenvalue weighted by molar-refractivity contribution is 5.17. The molecule has 1 N–H and O–H groups in total. The van der Waals surface area contributed by atoms with Gasteiger partial charge in [0.25, 0.3) is 0 Å². The number of aromatic nitrogens is 1. The molecule has 1 aromatic carbocycles. The van der Waals surface area contributed by atoms with Gasteiger partial charge in [-0.15, -0.1) is 0 Å². The number of hydrogen-bond acceptors (Lipinski definition) is 2. The number of nitrogens with one attached hydrogen (secondary N) is 1. The molecule has 0 bridgehead atoms. The third-order valence-corrected chi connectivity index (χ3v) is 2.61. The lowest BCUT2D eigenvalue weighted by Gasteiger charge is -2.05. The number of nitrogens with zero attached hydrogens (tertiary/aromatic N) is 1. The highest BCUT2D eigenvalue weighted by Crippen LogP contribution is 2.05. The molecule has 88 valence electrons. The van der Waals surface area contributed by atoms with Crippen LogP contribution < -0.4 is 5.32 Å². The summed E-state index contributed by atoms with van der Waals surface area (Å²) < 4.78 is 13.3. The van der Waals surface area contributed by atoms with Crippen LogP contribution in [0.2, 0.25) is 0 Å². The van der Waals surface area contributed by atoms with Crippen LogP contribution >= 0.6 is 0 Å². The molecule has 0 radical (unpaired) electrons. The van der Waals surface area contributed by atoms with Crippen molar-refractivity contribution in [1.29, 1.82) is 0 Å². The minimum Gasteiger partial charge on any atom is -0.312 e. The van der Waals surface area contributed by atoms with E-state index in [1.165, 1.54) is 11.6 Å². The lowest BCUT2D eigenvalue weighted by Crippen LogP contribution is -2.17. The molecule has 17 heavy (non-hydrogen) atoms. The van der Waals surface area contributed by atoms with Crippen molar-refractivity contribution in [3.63, 3.8) is 0 Å². The predicted molar refractivity (Wildman–Crippen MR) is 66.0 cm³/mol. The topological polar surface area (TPSA) is 24.9 Å². The molecule has 0 aliphatic carbocycles. The van der Waals surface area contributed by atoms with Crippen molar-refractivity contribution in [1.82, 2.24) is 10.3 Å². The first-order valence-electron chi connectivity index (χ1n) is 5.69. The van der Waals surface area contributed by atoms with Gasteiger partial charge in [-0.2, -0.15) is 0 Å². The van der Waals surface area contributed by atoms with Crippen molar-refractivity contribution in [2.24, 2.45) is 0 Å². The van der Waals surface area contributed by atoms with Gasteiger partial charge in [-0.05, 0) is 36.7 Å². The molecule has 1 aromatic heterocycles. The van der Waals surface area contributed by atoms with Crippen LogP contribution in [0.25, 0.3) is 0 Å². The van der Waals surface area contributed by atoms with Crippen LogP contribution in [0.5, 0.6) is 0 Å². The highest BCUT2D eigenvalue weighted by Gasteiger charge is 1.99. The van der Waals surface area contributed by atoms with Crippen LogP contribution in [-0.2, 0) is 13.0 Å². The van der Waals surface area contributed by atoms with E-state index in [0.717, 1.165) is 13.0 Å². The van der Waals surface area contributed by atoms with Gasteiger partial charge in [0.2, 0.25) is 0 Å². The molecule has 0 amide bonds. The molecule has 1 heterocycles. The third-order valence-electron chi connectivity index (χ3n) is 2.61. The summed E-state index contributed by atoms with van der Waals surface area (Å²) in [7, 11) is 0. The number of pyridine rings is 1. The summed E-state index contributed by atoms with van der Waals surface area (Å²) in [4.78, 5) is 3.96. The Morgan fingerprint density at radius 2 is 1.82 bits per heavy atom. The van der Waals surface area contributed by atoms with Crippen LogP contribution in [0, 0.1) is 5.82 Å². The molecular weight excluding hydrogens is 215 g/mol. The Labute approximate surface area is 101 Å². The van der Waals surface area contributed by atoms with E-state index in [4.69, 9.17) is 0 Å². The molecular formula is C14H15FN2. The molecule has 2 aromatic rings. The maximum Gasteiger partial charge on any atom is 0.127 e. The molecule has 2 nitrogen and oxygen atoms in total. The number of hydrogen-bond donors (Lipinski definition) is 1. The summed E-state index contributed by atoms with van der Waals surface area (Å²) in [5.41, 5.74) is 1.95. The number of benzene rings is 1. The number of halogens is 1. The molecule has 0 fully saturated rings. The fraction of sp³-hybridized carbons (Fsp3) is 0.214. The average Bonchev–Trinajstić information content (AvgIpc) is 2.38. The summed E-state index contributed by atoms with van der Waals surface area (Å²) in [6.45, 7) is 1.40. The van der Waals surface area contributed by atoms with Gasteiger partial charge in [0.15, 0.2) is 0 Å². The van der Waals surface area contributed by atoms with Crippen LogP contribution in [-0.4, -0.2) is 11.5 Å². The van der Waals surface area contributed by atoms with Crippen molar-refractivity contribution >= 4 is 0 Å². The normalized spacial score (nSPS) is 10.4. The monoisotopic (exact) mass is 230 g/mol. The van der Waals surface area contributed by atoms with Crippen LogP contribution in [0.1, 0.15) is 11.1 Å². The second-order valence-corrected chi connectivity index (χ2v) is 3.87. The minimum atomic E-state index is -0.149. The SMILES string of the molecule is Fc1ccccc1CNCCc1ccncc1. The van der Waals surface area contributed by atoms with Gasteiger partial charge < -0.3 is 5.32 Å². The van der Waals surface area contributed by atoms with Crippen LogP contribution in [0.15, 0.2) is 48.8 Å². The minimum absolute atomic E-state index is 0.149. The molecule has 0 aliphatic heterocycles. The summed E-state index contributed by atoms with van der Waals surface area (Å²) in [5.74, 6) is -0.149. The predicted octanol–water partition coefficient (Wildman–Crippen LogP) is 2.55. The largest absolute Gasteiger partial charge is 0.312 e. The Bertz CT molecular complexity index is 457. The van der Waals surface area contributed by atoms with Crippen molar-refractivity contribution in [2.75, 3.05) is 6.54 Å². The second-order valence-electron chi connectivity index (χ2n) is 3.87. The quantitative estimate of drug-likeness (QED) is 0.798. The molecule has 2 rings (SSSR count). The van der Waals surface area contributed by atoms with Gasteiger partial charge >= 0.3 is 0 Å². The van der Waals surface area contributed by atoms with E-state index in [0.29, 0.717) is 12.1 Å². The Kier molecular flexibility index (Phi) is 4.22. The molecule has 0 saturated heterocycles. The van der Waals surface area contributed by atoms with Gasteiger partial charge in [0.05, 0.1) is 0 Å². The van der Waals surface area contributed by atoms with Gasteiger partial charge in [0, 0.05) is 24.5 Å². The Hall–Kier alpha value is -1.74. The van der Waals surface area contributed by atoms with Crippen molar-refractivity contribution < 1.29 is 4.39 Å². The zero-order chi connectivity index (χ0) is 11.9. The Balaban J connectivity index is 1.76. The smallest absolute Gasteiger partial charge is 0.127 e. The van der Waals surface area contributed by atoms with E-state index in [9.17, 15) is 4.39 Å². The van der Waals surface area contributed by atoms with Crippen molar-refractivity contribution in [2.45, 2.75) is 13.0 Å². The molecule has 0 saturated carbocycles. The summed E-state index contributed by atoms with van der Waals surface area (Å²) in [5, 5.41) is 3.23. The first-order chi connectivity index (χ1) is 8.36. The lowest BCUT2D eigenvalue weighted by molar-refractivity contribution is 0.588. The second kappa shape index (κ2) is 6.11. The highest BCUT2D eigenvalue weighted by atomic mass is 19.1. The fourth-order valence-corrected chi connectivity index (χ4v) is 1.65. The standard InChI is InChI=1S/C14H15FN2/c15-14-4-2-1-3-13(14)11-17-10-7-12-5-8-16-9-6-12/h1-6,8-9,17H,7,10-11H2. The maximum absolute atomic E-state index is 13.3. The van der Waals surface area contributed by atoms with Gasteiger partial charge in [-0.3, -0.25) is 4.98 Å². The zero-order valence-corrected chi connectivity index (χ0v) is 9.57. The Morgan fingerprint density at radius 3 is 2.59 bits per heavy atom. The summed E-state index contributed by atoms with van der Waals surface area (Å²) >= 11 is 0. The zero-order valence-electron chi connectivity index (χ0n) is 9.57. The van der Waals surface area contributed by atoms with E-state index < -0.39 is 0 Å². The third kappa shape index (κ3) is 3.64. The Morgan fingerprint density at radius 1 is 1.06 bits per heavy atom. The first kappa shape index (κ1) is 11.7. The number of rotatable bonds is 5. The van der Waals surface area contributed by atoms with Crippen LogP contribution in [0.4, 0.5) is 4.39 Å². The van der Waals surface area contributed by atoms with E-state index in [-0.39, 0.29) is 5.82 Å². The van der Waals surface area contributed by atoms with Gasteiger partial charge in [-0.1, -0.05) is 18.2 Å². The average molecular weight is 230 g/mol. The summed E-state index contributed by atoms with van der Waals surface area (Å²) in [6, 6.07) is 10.8. The summed E-state index contributed by atoms with van der Waals surface area (Å²) in [6.07, 6.45) is 4.50. The van der Waals surface area contributed by atoms with E-state index in [1.54, 1.807) is 24.5 Å². The lowest BCUT2D eigenvalue weighted by atomic mass is 10.2. The fourth-order valence-electron chi connectivity index (χ4n) is 1.65. The molecule has 0 unspecified atom stereocenters. The van der Waals surface area contributed by atoms with Gasteiger partial charge in [-0.25, -0.2) is 4.39 Å². The van der Waals surface area contributed by atoms with E-state index in [1.807, 2.05) is 18.2 Å². The van der Waals surface area contributed by atoms with Crippen molar-refractivity contribution in [3.05, 3.63) is 65.7 Å².